The van der Waals surface area contributed by atoms with Gasteiger partial charge in [-0.05, 0) is 25.1 Å². The van der Waals surface area contributed by atoms with Crippen molar-refractivity contribution in [1.82, 2.24) is 4.57 Å². The second-order valence-electron chi connectivity index (χ2n) is 4.09. The SMILES string of the molecule is CCOC(=O)C(=O)c1cc(OC)c2ccn(C)c2c1. The number of esters is 1. The maximum Gasteiger partial charge on any atom is 0.379 e. The lowest BCUT2D eigenvalue weighted by molar-refractivity contribution is -0.137. The van der Waals surface area contributed by atoms with E-state index in [4.69, 9.17) is 9.47 Å². The molecule has 100 valence electrons. The number of ketones is 1. The summed E-state index contributed by atoms with van der Waals surface area (Å²) in [6.45, 7) is 1.83. The zero-order valence-corrected chi connectivity index (χ0v) is 11.1. The van der Waals surface area contributed by atoms with Gasteiger partial charge in [-0.15, -0.1) is 0 Å². The Labute approximate surface area is 110 Å². The van der Waals surface area contributed by atoms with Gasteiger partial charge in [0.25, 0.3) is 5.78 Å². The van der Waals surface area contributed by atoms with Gasteiger partial charge < -0.3 is 14.0 Å². The fourth-order valence-electron chi connectivity index (χ4n) is 1.95. The Bertz CT molecular complexity index is 642. The fourth-order valence-corrected chi connectivity index (χ4v) is 1.95. The highest BCUT2D eigenvalue weighted by molar-refractivity contribution is 6.41. The van der Waals surface area contributed by atoms with Crippen LogP contribution in [0, 0.1) is 0 Å². The molecule has 0 saturated carbocycles. The first kappa shape index (κ1) is 13.1. The Kier molecular flexibility index (Phi) is 3.55. The van der Waals surface area contributed by atoms with E-state index in [0.717, 1.165) is 10.9 Å². The Morgan fingerprint density at radius 2 is 2.05 bits per heavy atom. The highest BCUT2D eigenvalue weighted by Gasteiger charge is 2.20. The van der Waals surface area contributed by atoms with Crippen molar-refractivity contribution in [3.63, 3.8) is 0 Å². The Balaban J connectivity index is 2.52. The van der Waals surface area contributed by atoms with Gasteiger partial charge in [0.15, 0.2) is 0 Å². The minimum atomic E-state index is -0.849. The first-order chi connectivity index (χ1) is 9.08. The Morgan fingerprint density at radius 1 is 1.32 bits per heavy atom. The van der Waals surface area contributed by atoms with Crippen molar-refractivity contribution in [3.8, 4) is 5.75 Å². The summed E-state index contributed by atoms with van der Waals surface area (Å²) in [5.74, 6) is -0.952. The van der Waals surface area contributed by atoms with Gasteiger partial charge >= 0.3 is 5.97 Å². The van der Waals surface area contributed by atoms with Crippen molar-refractivity contribution in [2.45, 2.75) is 6.92 Å². The van der Waals surface area contributed by atoms with E-state index >= 15 is 0 Å². The third kappa shape index (κ3) is 2.31. The van der Waals surface area contributed by atoms with Crippen LogP contribution >= 0.6 is 0 Å². The summed E-state index contributed by atoms with van der Waals surface area (Å²) >= 11 is 0. The maximum absolute atomic E-state index is 11.9. The molecule has 1 heterocycles. The summed E-state index contributed by atoms with van der Waals surface area (Å²) < 4.78 is 11.8. The molecule has 5 heteroatoms. The molecule has 0 bridgehead atoms. The van der Waals surface area contributed by atoms with E-state index in [9.17, 15) is 9.59 Å². The van der Waals surface area contributed by atoms with E-state index in [2.05, 4.69) is 0 Å². The lowest BCUT2D eigenvalue weighted by atomic mass is 10.1. The number of ether oxygens (including phenoxy) is 2. The molecule has 0 amide bonds. The van der Waals surface area contributed by atoms with Crippen LogP contribution in [0.2, 0.25) is 0 Å². The molecule has 0 saturated heterocycles. The summed E-state index contributed by atoms with van der Waals surface area (Å²) in [7, 11) is 3.39. The molecule has 5 nitrogen and oxygen atoms in total. The molecule has 19 heavy (non-hydrogen) atoms. The quantitative estimate of drug-likeness (QED) is 0.479. The molecule has 0 radical (unpaired) electrons. The lowest BCUT2D eigenvalue weighted by Gasteiger charge is -2.07. The molecule has 0 aliphatic rings. The normalized spacial score (nSPS) is 10.5. The zero-order valence-electron chi connectivity index (χ0n) is 11.1. The summed E-state index contributed by atoms with van der Waals surface area (Å²) in [5.41, 5.74) is 1.09. The highest BCUT2D eigenvalue weighted by atomic mass is 16.5. The number of aryl methyl sites for hydroxylation is 1. The number of fused-ring (bicyclic) bond motifs is 1. The molecule has 0 atom stereocenters. The van der Waals surface area contributed by atoms with Crippen LogP contribution in [0.25, 0.3) is 10.9 Å². The highest BCUT2D eigenvalue weighted by Crippen LogP contribution is 2.28. The predicted octanol–water partition coefficient (Wildman–Crippen LogP) is 1.93. The average molecular weight is 261 g/mol. The molecular weight excluding hydrogens is 246 g/mol. The third-order valence-electron chi connectivity index (χ3n) is 2.91. The van der Waals surface area contributed by atoms with Crippen LogP contribution in [0.15, 0.2) is 24.4 Å². The Morgan fingerprint density at radius 3 is 2.68 bits per heavy atom. The van der Waals surface area contributed by atoms with Gasteiger partial charge in [0, 0.05) is 24.2 Å². The van der Waals surface area contributed by atoms with Gasteiger partial charge in [-0.2, -0.15) is 0 Å². The predicted molar refractivity (Wildman–Crippen MR) is 70.4 cm³/mol. The Hall–Kier alpha value is -2.30. The van der Waals surface area contributed by atoms with Crippen LogP contribution < -0.4 is 4.74 Å². The summed E-state index contributed by atoms with van der Waals surface area (Å²) in [6.07, 6.45) is 1.87. The number of rotatable bonds is 4. The van der Waals surface area contributed by atoms with E-state index < -0.39 is 11.8 Å². The second kappa shape index (κ2) is 5.14. The van der Waals surface area contributed by atoms with Gasteiger partial charge in [-0.3, -0.25) is 4.79 Å². The van der Waals surface area contributed by atoms with E-state index in [0.29, 0.717) is 5.75 Å². The van der Waals surface area contributed by atoms with Crippen molar-refractivity contribution in [2.24, 2.45) is 7.05 Å². The largest absolute Gasteiger partial charge is 0.496 e. The first-order valence-electron chi connectivity index (χ1n) is 5.93. The number of Topliss-reactive ketones (excluding diaryl/α,β-unsaturated/α-hetero) is 1. The number of benzene rings is 1. The van der Waals surface area contributed by atoms with Gasteiger partial charge in [0.05, 0.1) is 19.2 Å². The van der Waals surface area contributed by atoms with Crippen molar-refractivity contribution in [3.05, 3.63) is 30.0 Å². The minimum absolute atomic E-state index is 0.175. The van der Waals surface area contributed by atoms with Gasteiger partial charge in [0.2, 0.25) is 0 Å². The molecule has 0 aliphatic heterocycles. The second-order valence-corrected chi connectivity index (χ2v) is 4.09. The minimum Gasteiger partial charge on any atom is -0.496 e. The van der Waals surface area contributed by atoms with Crippen molar-refractivity contribution < 1.29 is 19.1 Å². The van der Waals surface area contributed by atoms with E-state index in [1.807, 2.05) is 23.9 Å². The van der Waals surface area contributed by atoms with Crippen molar-refractivity contribution in [1.29, 1.82) is 0 Å². The molecule has 1 aromatic carbocycles. The molecule has 0 spiro atoms. The van der Waals surface area contributed by atoms with Gasteiger partial charge in [-0.1, -0.05) is 0 Å². The monoisotopic (exact) mass is 261 g/mol. The summed E-state index contributed by atoms with van der Waals surface area (Å²) in [6, 6.07) is 5.12. The number of methoxy groups -OCH3 is 1. The zero-order chi connectivity index (χ0) is 14.0. The number of hydrogen-bond donors (Lipinski definition) is 0. The van der Waals surface area contributed by atoms with E-state index in [-0.39, 0.29) is 12.2 Å². The van der Waals surface area contributed by atoms with Crippen LogP contribution in [0.5, 0.6) is 5.75 Å². The number of nitrogens with zero attached hydrogens (tertiary/aromatic N) is 1. The van der Waals surface area contributed by atoms with Crippen LogP contribution in [0.3, 0.4) is 0 Å². The molecule has 2 aromatic rings. The average Bonchev–Trinajstić information content (AvgIpc) is 2.79. The standard InChI is InChI=1S/C14H15NO4/c1-4-19-14(17)13(16)9-7-11-10(5-6-15(11)2)12(8-9)18-3/h5-8H,4H2,1-3H3. The van der Waals surface area contributed by atoms with Crippen molar-refractivity contribution in [2.75, 3.05) is 13.7 Å². The summed E-state index contributed by atoms with van der Waals surface area (Å²) in [4.78, 5) is 23.4. The molecule has 2 rings (SSSR count). The molecular formula is C14H15NO4. The maximum atomic E-state index is 11.9. The molecule has 0 aliphatic carbocycles. The lowest BCUT2D eigenvalue weighted by Crippen LogP contribution is -2.17. The topological polar surface area (TPSA) is 57.5 Å². The smallest absolute Gasteiger partial charge is 0.379 e. The van der Waals surface area contributed by atoms with Crippen LogP contribution in [-0.2, 0) is 16.6 Å². The summed E-state index contributed by atoms with van der Waals surface area (Å²) in [5, 5.41) is 0.894. The van der Waals surface area contributed by atoms with Crippen LogP contribution in [-0.4, -0.2) is 30.0 Å². The number of carbonyl (C=O) groups excluding carboxylic acids is 2. The number of carbonyl (C=O) groups is 2. The van der Waals surface area contributed by atoms with Crippen LogP contribution in [0.4, 0.5) is 0 Å². The van der Waals surface area contributed by atoms with E-state index in [1.54, 1.807) is 19.1 Å². The van der Waals surface area contributed by atoms with Gasteiger partial charge in [-0.25, -0.2) is 4.79 Å². The van der Waals surface area contributed by atoms with Crippen molar-refractivity contribution >= 4 is 22.7 Å². The molecule has 1 aromatic heterocycles. The first-order valence-corrected chi connectivity index (χ1v) is 5.93. The van der Waals surface area contributed by atoms with E-state index in [1.165, 1.54) is 7.11 Å². The fraction of sp³-hybridized carbons (Fsp3) is 0.286. The van der Waals surface area contributed by atoms with Gasteiger partial charge in [0.1, 0.15) is 5.75 Å². The number of hydrogen-bond acceptors (Lipinski definition) is 4. The molecule has 0 fully saturated rings. The van der Waals surface area contributed by atoms with Crippen LogP contribution in [0.1, 0.15) is 17.3 Å². The molecule has 0 N–H and O–H groups in total. The molecule has 0 unspecified atom stereocenters. The number of aromatic nitrogens is 1. The third-order valence-corrected chi connectivity index (χ3v) is 2.91.